The molecule has 2 aromatic carbocycles. The minimum absolute atomic E-state index is 0.0358. The van der Waals surface area contributed by atoms with E-state index in [1.54, 1.807) is 18.2 Å². The highest BCUT2D eigenvalue weighted by Crippen LogP contribution is 2.32. The van der Waals surface area contributed by atoms with Crippen molar-refractivity contribution in [3.05, 3.63) is 67.0 Å². The Kier molecular flexibility index (Phi) is 7.67. The Morgan fingerprint density at radius 3 is 2.67 bits per heavy atom. The summed E-state index contributed by atoms with van der Waals surface area (Å²) in [4.78, 5) is 31.2. The predicted octanol–water partition coefficient (Wildman–Crippen LogP) is 3.22. The number of benzene rings is 2. The van der Waals surface area contributed by atoms with E-state index in [2.05, 4.69) is 16.9 Å². The maximum absolute atomic E-state index is 13.8. The van der Waals surface area contributed by atoms with Crippen LogP contribution in [0.15, 0.2) is 71.1 Å². The highest BCUT2D eigenvalue weighted by molar-refractivity contribution is 8.15. The van der Waals surface area contributed by atoms with Gasteiger partial charge in [0.15, 0.2) is 5.17 Å². The molecule has 1 N–H and O–H groups in total. The van der Waals surface area contributed by atoms with Gasteiger partial charge in [-0.2, -0.15) is 0 Å². The van der Waals surface area contributed by atoms with Gasteiger partial charge in [0.05, 0.1) is 16.3 Å². The molecule has 0 aromatic heterocycles. The summed E-state index contributed by atoms with van der Waals surface area (Å²) in [6.07, 6.45) is 1.35. The Morgan fingerprint density at radius 1 is 1.27 bits per heavy atom. The smallest absolute Gasteiger partial charge is 0.242 e. The molecule has 2 aromatic rings. The summed E-state index contributed by atoms with van der Waals surface area (Å²) in [5, 5.41) is 2.04. The summed E-state index contributed by atoms with van der Waals surface area (Å²) in [5.74, 6) is -1.41. The van der Waals surface area contributed by atoms with Gasteiger partial charge in [-0.25, -0.2) is 22.1 Å². The number of thioether (sulfide) groups is 1. The van der Waals surface area contributed by atoms with Crippen LogP contribution in [0.25, 0.3) is 0 Å². The molecule has 2 amide bonds. The SMILES string of the molecule is C=CCN1C(=O)C(CC(=O)Nc2ccccc2F)SC1=Nc1cccc(S(=O)(=O)N(C)C)c1. The molecule has 3 rings (SSSR count). The van der Waals surface area contributed by atoms with Crippen LogP contribution in [0.5, 0.6) is 0 Å². The number of hydrogen-bond donors (Lipinski definition) is 1. The van der Waals surface area contributed by atoms with Gasteiger partial charge in [-0.15, -0.1) is 6.58 Å². The second-order valence-electron chi connectivity index (χ2n) is 7.26. The van der Waals surface area contributed by atoms with Gasteiger partial charge in [0.1, 0.15) is 11.1 Å². The van der Waals surface area contributed by atoms with E-state index in [1.807, 2.05) is 0 Å². The van der Waals surface area contributed by atoms with Crippen LogP contribution in [-0.2, 0) is 19.6 Å². The molecule has 174 valence electrons. The van der Waals surface area contributed by atoms with E-state index in [0.717, 1.165) is 16.1 Å². The summed E-state index contributed by atoms with van der Waals surface area (Å²) >= 11 is 1.09. The third-order valence-electron chi connectivity index (χ3n) is 4.67. The maximum Gasteiger partial charge on any atom is 0.242 e. The van der Waals surface area contributed by atoms with E-state index >= 15 is 0 Å². The number of anilines is 1. The van der Waals surface area contributed by atoms with Crippen LogP contribution in [0.3, 0.4) is 0 Å². The van der Waals surface area contributed by atoms with Gasteiger partial charge < -0.3 is 5.32 Å². The number of para-hydroxylation sites is 1. The van der Waals surface area contributed by atoms with Crippen molar-refractivity contribution < 1.29 is 22.4 Å². The van der Waals surface area contributed by atoms with Gasteiger partial charge in [-0.3, -0.25) is 14.5 Å². The second kappa shape index (κ2) is 10.3. The molecule has 0 aliphatic carbocycles. The van der Waals surface area contributed by atoms with Gasteiger partial charge >= 0.3 is 0 Å². The van der Waals surface area contributed by atoms with E-state index in [4.69, 9.17) is 0 Å². The van der Waals surface area contributed by atoms with Crippen molar-refractivity contribution in [2.45, 2.75) is 16.6 Å². The van der Waals surface area contributed by atoms with Crippen molar-refractivity contribution in [2.75, 3.05) is 26.0 Å². The number of amides is 2. The molecule has 8 nitrogen and oxygen atoms in total. The topological polar surface area (TPSA) is 99.1 Å². The summed E-state index contributed by atoms with van der Waals surface area (Å²) in [6, 6.07) is 11.8. The van der Waals surface area contributed by atoms with Gasteiger partial charge in [-0.05, 0) is 30.3 Å². The van der Waals surface area contributed by atoms with E-state index in [1.165, 1.54) is 55.4 Å². The van der Waals surface area contributed by atoms with Crippen molar-refractivity contribution >= 4 is 50.1 Å². The molecule has 0 bridgehead atoms. The molecular formula is C22H23FN4O4S2. The fourth-order valence-corrected chi connectivity index (χ4v) is 5.10. The average molecular weight is 491 g/mol. The quantitative estimate of drug-likeness (QED) is 0.573. The summed E-state index contributed by atoms with van der Waals surface area (Å²) in [7, 11) is -0.785. The number of amidine groups is 1. The standard InChI is InChI=1S/C22H23FN4O4S2/c1-4-12-27-21(29)19(14-20(28)25-18-11-6-5-10-17(18)23)32-22(27)24-15-8-7-9-16(13-15)33(30,31)26(2)3/h4-11,13,19H,1,12,14H2,2-3H3,(H,25,28). The number of carbonyl (C=O) groups is 2. The fraction of sp³-hybridized carbons (Fsp3) is 0.227. The van der Waals surface area contributed by atoms with Crippen molar-refractivity contribution in [2.24, 2.45) is 4.99 Å². The molecule has 11 heteroatoms. The van der Waals surface area contributed by atoms with Crippen LogP contribution in [-0.4, -0.2) is 60.5 Å². The molecule has 1 saturated heterocycles. The van der Waals surface area contributed by atoms with Gasteiger partial charge in [0.25, 0.3) is 0 Å². The number of halogens is 1. The first-order valence-corrected chi connectivity index (χ1v) is 12.2. The van der Waals surface area contributed by atoms with Gasteiger partial charge in [-0.1, -0.05) is 36.0 Å². The lowest BCUT2D eigenvalue weighted by Gasteiger charge is -2.14. The number of rotatable bonds is 8. The van der Waals surface area contributed by atoms with Crippen molar-refractivity contribution in [3.63, 3.8) is 0 Å². The molecular weight excluding hydrogens is 467 g/mol. The van der Waals surface area contributed by atoms with Gasteiger partial charge in [0.2, 0.25) is 21.8 Å². The number of sulfonamides is 1. The number of nitrogens with one attached hydrogen (secondary N) is 1. The molecule has 0 saturated carbocycles. The minimum Gasteiger partial charge on any atom is -0.324 e. The van der Waals surface area contributed by atoms with Crippen molar-refractivity contribution in [1.29, 1.82) is 0 Å². The van der Waals surface area contributed by atoms with Gasteiger partial charge in [0, 0.05) is 27.1 Å². The van der Waals surface area contributed by atoms with Crippen LogP contribution >= 0.6 is 11.8 Å². The summed E-state index contributed by atoms with van der Waals surface area (Å²) in [5.41, 5.74) is 0.382. The molecule has 0 radical (unpaired) electrons. The molecule has 1 heterocycles. The van der Waals surface area contributed by atoms with Crippen LogP contribution in [0.4, 0.5) is 15.8 Å². The number of carbonyl (C=O) groups excluding carboxylic acids is 2. The second-order valence-corrected chi connectivity index (χ2v) is 10.6. The molecule has 0 spiro atoms. The zero-order valence-electron chi connectivity index (χ0n) is 18.1. The predicted molar refractivity (Wildman–Crippen MR) is 127 cm³/mol. The molecule has 1 fully saturated rings. The molecule has 1 atom stereocenters. The zero-order valence-corrected chi connectivity index (χ0v) is 19.7. The lowest BCUT2D eigenvalue weighted by atomic mass is 10.2. The fourth-order valence-electron chi connectivity index (χ4n) is 2.99. The average Bonchev–Trinajstić information content (AvgIpc) is 3.04. The third kappa shape index (κ3) is 5.67. The Morgan fingerprint density at radius 2 is 2.00 bits per heavy atom. The first-order valence-electron chi connectivity index (χ1n) is 9.88. The molecule has 1 unspecified atom stereocenters. The van der Waals surface area contributed by atoms with Crippen molar-refractivity contribution in [1.82, 2.24) is 9.21 Å². The highest BCUT2D eigenvalue weighted by atomic mass is 32.2. The Bertz CT molecular complexity index is 1210. The molecule has 1 aliphatic heterocycles. The van der Waals surface area contributed by atoms with Crippen LogP contribution in [0.2, 0.25) is 0 Å². The Labute approximate surface area is 196 Å². The minimum atomic E-state index is -3.65. The van der Waals surface area contributed by atoms with E-state index in [9.17, 15) is 22.4 Å². The van der Waals surface area contributed by atoms with E-state index < -0.39 is 27.0 Å². The molecule has 33 heavy (non-hydrogen) atoms. The van der Waals surface area contributed by atoms with E-state index in [-0.39, 0.29) is 29.5 Å². The maximum atomic E-state index is 13.8. The van der Waals surface area contributed by atoms with Crippen molar-refractivity contribution in [3.8, 4) is 0 Å². The normalized spacial score (nSPS) is 17.6. The lowest BCUT2D eigenvalue weighted by Crippen LogP contribution is -2.33. The van der Waals surface area contributed by atoms with E-state index in [0.29, 0.717) is 10.9 Å². The summed E-state index contributed by atoms with van der Waals surface area (Å²) < 4.78 is 39.7. The largest absolute Gasteiger partial charge is 0.324 e. The lowest BCUT2D eigenvalue weighted by molar-refractivity contribution is -0.127. The highest BCUT2D eigenvalue weighted by Gasteiger charge is 2.38. The first kappa shape index (κ1) is 24.6. The number of aliphatic imine (C=N–C) groups is 1. The number of hydrogen-bond acceptors (Lipinski definition) is 6. The molecule has 1 aliphatic rings. The van der Waals surface area contributed by atoms with Crippen LogP contribution in [0, 0.1) is 5.82 Å². The van der Waals surface area contributed by atoms with Crippen LogP contribution in [0.1, 0.15) is 6.42 Å². The Balaban J connectivity index is 1.82. The third-order valence-corrected chi connectivity index (χ3v) is 7.66. The Hall–Kier alpha value is -3.02. The summed E-state index contributed by atoms with van der Waals surface area (Å²) in [6.45, 7) is 3.83. The zero-order chi connectivity index (χ0) is 24.2. The first-order chi connectivity index (χ1) is 15.6. The number of nitrogens with zero attached hydrogens (tertiary/aromatic N) is 3. The monoisotopic (exact) mass is 490 g/mol. The van der Waals surface area contributed by atoms with Crippen LogP contribution < -0.4 is 5.32 Å².